The molecule has 5 heteroatoms. The van der Waals surface area contributed by atoms with Crippen molar-refractivity contribution in [2.75, 3.05) is 13.1 Å². The Morgan fingerprint density at radius 1 is 1.33 bits per heavy atom. The number of aromatic hydroxyl groups is 1. The molecule has 5 nitrogen and oxygen atoms in total. The Morgan fingerprint density at radius 3 is 2.89 bits per heavy atom. The van der Waals surface area contributed by atoms with Crippen LogP contribution in [0.1, 0.15) is 29.6 Å². The van der Waals surface area contributed by atoms with E-state index in [1.165, 1.54) is 0 Å². The average molecular weight is 245 g/mol. The van der Waals surface area contributed by atoms with Crippen molar-refractivity contribution < 1.29 is 9.63 Å². The maximum atomic E-state index is 9.21. The van der Waals surface area contributed by atoms with Crippen molar-refractivity contribution in [2.24, 2.45) is 0 Å². The fourth-order valence-electron chi connectivity index (χ4n) is 2.17. The number of nitrogens with one attached hydrogen (secondary N) is 1. The zero-order valence-corrected chi connectivity index (χ0v) is 9.97. The maximum absolute atomic E-state index is 9.21. The molecule has 18 heavy (non-hydrogen) atoms. The molecule has 0 saturated carbocycles. The second-order valence-electron chi connectivity index (χ2n) is 4.58. The molecule has 0 amide bonds. The molecule has 1 aliphatic rings. The summed E-state index contributed by atoms with van der Waals surface area (Å²) in [5.74, 6) is 2.07. The summed E-state index contributed by atoms with van der Waals surface area (Å²) in [5, 5.41) is 16.5. The fraction of sp³-hybridized carbons (Fsp3) is 0.385. The predicted octanol–water partition coefficient (Wildman–Crippen LogP) is 1.44. The number of benzene rings is 1. The molecule has 2 heterocycles. The van der Waals surface area contributed by atoms with E-state index in [4.69, 9.17) is 4.52 Å². The van der Waals surface area contributed by atoms with Gasteiger partial charge in [0, 0.05) is 12.5 Å². The highest BCUT2D eigenvalue weighted by Gasteiger charge is 2.21. The largest absolute Gasteiger partial charge is 0.508 e. The van der Waals surface area contributed by atoms with Gasteiger partial charge in [-0.25, -0.2) is 0 Å². The highest BCUT2D eigenvalue weighted by Crippen LogP contribution is 2.20. The zero-order chi connectivity index (χ0) is 12.4. The molecule has 1 atom stereocenters. The molecule has 1 unspecified atom stereocenters. The van der Waals surface area contributed by atoms with E-state index in [2.05, 4.69) is 15.5 Å². The Bertz CT molecular complexity index is 515. The molecule has 1 aliphatic heterocycles. The Labute approximate surface area is 105 Å². The van der Waals surface area contributed by atoms with Crippen LogP contribution in [0.5, 0.6) is 5.75 Å². The lowest BCUT2D eigenvalue weighted by Crippen LogP contribution is -2.08. The van der Waals surface area contributed by atoms with Crippen LogP contribution in [0.15, 0.2) is 28.8 Å². The second kappa shape index (κ2) is 4.78. The molecule has 0 radical (unpaired) electrons. The number of rotatable bonds is 3. The van der Waals surface area contributed by atoms with Gasteiger partial charge in [-0.1, -0.05) is 17.3 Å². The molecule has 0 aliphatic carbocycles. The average Bonchev–Trinajstić information content (AvgIpc) is 3.02. The van der Waals surface area contributed by atoms with Gasteiger partial charge in [-0.3, -0.25) is 0 Å². The quantitative estimate of drug-likeness (QED) is 0.856. The van der Waals surface area contributed by atoms with Gasteiger partial charge in [0.15, 0.2) is 5.82 Å². The first kappa shape index (κ1) is 11.2. The molecule has 1 fully saturated rings. The smallest absolute Gasteiger partial charge is 0.231 e. The van der Waals surface area contributed by atoms with Gasteiger partial charge in [0.1, 0.15) is 5.75 Å². The van der Waals surface area contributed by atoms with Gasteiger partial charge >= 0.3 is 0 Å². The van der Waals surface area contributed by atoms with Gasteiger partial charge in [-0.2, -0.15) is 4.98 Å². The summed E-state index contributed by atoms with van der Waals surface area (Å²) in [6, 6.07) is 7.04. The van der Waals surface area contributed by atoms with Gasteiger partial charge in [0.05, 0.1) is 6.42 Å². The predicted molar refractivity (Wildman–Crippen MR) is 65.4 cm³/mol. The number of phenolic OH excluding ortho intramolecular Hbond substituents is 1. The first-order chi connectivity index (χ1) is 8.81. The number of hydrogen-bond acceptors (Lipinski definition) is 5. The molecule has 0 spiro atoms. The SMILES string of the molecule is Oc1ccc(Cc2nc(C3CCNC3)no2)cc1. The van der Waals surface area contributed by atoms with Gasteiger partial charge in [-0.15, -0.1) is 0 Å². The Kier molecular flexibility index (Phi) is 2.98. The normalized spacial score (nSPS) is 19.2. The first-order valence-electron chi connectivity index (χ1n) is 6.12. The Morgan fingerprint density at radius 2 is 2.17 bits per heavy atom. The van der Waals surface area contributed by atoms with Crippen molar-refractivity contribution in [3.05, 3.63) is 41.5 Å². The van der Waals surface area contributed by atoms with E-state index in [0.29, 0.717) is 18.2 Å². The molecule has 2 aromatic rings. The molecule has 1 aromatic heterocycles. The third-order valence-corrected chi connectivity index (χ3v) is 3.20. The minimum Gasteiger partial charge on any atom is -0.508 e. The lowest BCUT2D eigenvalue weighted by atomic mass is 10.1. The molecule has 0 bridgehead atoms. The lowest BCUT2D eigenvalue weighted by molar-refractivity contribution is 0.376. The molecule has 3 rings (SSSR count). The summed E-state index contributed by atoms with van der Waals surface area (Å²) in [6.07, 6.45) is 1.67. The summed E-state index contributed by atoms with van der Waals surface area (Å²) >= 11 is 0. The summed E-state index contributed by atoms with van der Waals surface area (Å²) in [4.78, 5) is 4.43. The van der Waals surface area contributed by atoms with E-state index in [9.17, 15) is 5.11 Å². The minimum absolute atomic E-state index is 0.266. The van der Waals surface area contributed by atoms with Gasteiger partial charge < -0.3 is 14.9 Å². The highest BCUT2D eigenvalue weighted by atomic mass is 16.5. The molecule has 1 saturated heterocycles. The van der Waals surface area contributed by atoms with E-state index < -0.39 is 0 Å². The Balaban J connectivity index is 1.71. The van der Waals surface area contributed by atoms with E-state index in [1.807, 2.05) is 12.1 Å². The number of phenols is 1. The van der Waals surface area contributed by atoms with Crippen LogP contribution in [0, 0.1) is 0 Å². The van der Waals surface area contributed by atoms with Crippen LogP contribution in [0.3, 0.4) is 0 Å². The van der Waals surface area contributed by atoms with Gasteiger partial charge in [0.25, 0.3) is 0 Å². The lowest BCUT2D eigenvalue weighted by Gasteiger charge is -1.99. The van der Waals surface area contributed by atoms with E-state index in [0.717, 1.165) is 30.9 Å². The van der Waals surface area contributed by atoms with Crippen LogP contribution in [0.25, 0.3) is 0 Å². The highest BCUT2D eigenvalue weighted by molar-refractivity contribution is 5.27. The zero-order valence-electron chi connectivity index (χ0n) is 9.97. The van der Waals surface area contributed by atoms with Crippen molar-refractivity contribution in [2.45, 2.75) is 18.8 Å². The summed E-state index contributed by atoms with van der Waals surface area (Å²) in [6.45, 7) is 1.95. The van der Waals surface area contributed by atoms with Crippen LogP contribution in [0.4, 0.5) is 0 Å². The van der Waals surface area contributed by atoms with Crippen molar-refractivity contribution in [3.8, 4) is 5.75 Å². The standard InChI is InChI=1S/C13H15N3O2/c17-11-3-1-9(2-4-11)7-12-15-13(16-18-12)10-5-6-14-8-10/h1-4,10,14,17H,5-8H2. The summed E-state index contributed by atoms with van der Waals surface area (Å²) in [7, 11) is 0. The number of hydrogen-bond donors (Lipinski definition) is 2. The molecule has 2 N–H and O–H groups in total. The molecular weight excluding hydrogens is 230 g/mol. The van der Waals surface area contributed by atoms with E-state index in [-0.39, 0.29) is 5.75 Å². The van der Waals surface area contributed by atoms with Crippen LogP contribution in [-0.2, 0) is 6.42 Å². The molecular formula is C13H15N3O2. The Hall–Kier alpha value is -1.88. The number of aromatic nitrogens is 2. The minimum atomic E-state index is 0.266. The number of nitrogens with zero attached hydrogens (tertiary/aromatic N) is 2. The van der Waals surface area contributed by atoms with Crippen molar-refractivity contribution in [1.29, 1.82) is 0 Å². The van der Waals surface area contributed by atoms with Crippen LogP contribution < -0.4 is 5.32 Å². The molecule has 1 aromatic carbocycles. The maximum Gasteiger partial charge on any atom is 0.231 e. The summed E-state index contributed by atoms with van der Waals surface area (Å²) in [5.41, 5.74) is 1.05. The third kappa shape index (κ3) is 2.36. The van der Waals surface area contributed by atoms with Gasteiger partial charge in [0.2, 0.25) is 5.89 Å². The van der Waals surface area contributed by atoms with Gasteiger partial charge in [-0.05, 0) is 30.7 Å². The third-order valence-electron chi connectivity index (χ3n) is 3.20. The topological polar surface area (TPSA) is 71.2 Å². The first-order valence-corrected chi connectivity index (χ1v) is 6.12. The van der Waals surface area contributed by atoms with Crippen LogP contribution in [-0.4, -0.2) is 28.3 Å². The molecule has 94 valence electrons. The van der Waals surface area contributed by atoms with E-state index >= 15 is 0 Å². The second-order valence-corrected chi connectivity index (χ2v) is 4.58. The van der Waals surface area contributed by atoms with Crippen molar-refractivity contribution in [3.63, 3.8) is 0 Å². The van der Waals surface area contributed by atoms with Crippen molar-refractivity contribution >= 4 is 0 Å². The van der Waals surface area contributed by atoms with Crippen LogP contribution >= 0.6 is 0 Å². The van der Waals surface area contributed by atoms with Crippen molar-refractivity contribution in [1.82, 2.24) is 15.5 Å². The summed E-state index contributed by atoms with van der Waals surface area (Å²) < 4.78 is 5.26. The monoisotopic (exact) mass is 245 g/mol. The fourth-order valence-corrected chi connectivity index (χ4v) is 2.17. The van der Waals surface area contributed by atoms with E-state index in [1.54, 1.807) is 12.1 Å². The van der Waals surface area contributed by atoms with Crippen LogP contribution in [0.2, 0.25) is 0 Å².